The van der Waals surface area contributed by atoms with Crippen molar-refractivity contribution in [1.29, 1.82) is 0 Å². The third-order valence-corrected chi connectivity index (χ3v) is 10.1. The number of benzene rings is 2. The zero-order valence-corrected chi connectivity index (χ0v) is 24.8. The molecule has 2 aromatic carbocycles. The van der Waals surface area contributed by atoms with E-state index in [2.05, 4.69) is 73.3 Å². The topological polar surface area (TPSA) is 62.6 Å². The van der Waals surface area contributed by atoms with Crippen LogP contribution >= 0.6 is 11.6 Å². The van der Waals surface area contributed by atoms with Gasteiger partial charge in [0.05, 0.1) is 6.33 Å². The highest BCUT2D eigenvalue weighted by Gasteiger charge is 2.53. The number of ether oxygens (including phenoxy) is 1. The van der Waals surface area contributed by atoms with Gasteiger partial charge in [-0.2, -0.15) is 0 Å². The second-order valence-corrected chi connectivity index (χ2v) is 12.6. The molecule has 41 heavy (non-hydrogen) atoms. The zero-order valence-electron chi connectivity index (χ0n) is 24.0. The van der Waals surface area contributed by atoms with E-state index < -0.39 is 0 Å². The van der Waals surface area contributed by atoms with Gasteiger partial charge in [0.15, 0.2) is 0 Å². The molecule has 218 valence electrons. The van der Waals surface area contributed by atoms with Crippen molar-refractivity contribution in [2.45, 2.75) is 50.2 Å². The first-order valence-corrected chi connectivity index (χ1v) is 15.6. The van der Waals surface area contributed by atoms with E-state index in [1.807, 2.05) is 24.7 Å². The summed E-state index contributed by atoms with van der Waals surface area (Å²) < 4.78 is 8.31. The smallest absolute Gasteiger partial charge is 0.407 e. The summed E-state index contributed by atoms with van der Waals surface area (Å²) in [7, 11) is 1.65. The van der Waals surface area contributed by atoms with Crippen molar-refractivity contribution in [1.82, 2.24) is 19.8 Å². The molecule has 2 aliphatic heterocycles. The molecule has 8 heteroatoms. The molecule has 7 nitrogen and oxygen atoms in total. The molecule has 3 heterocycles. The summed E-state index contributed by atoms with van der Waals surface area (Å²) in [4.78, 5) is 21.9. The van der Waals surface area contributed by atoms with Gasteiger partial charge in [-0.1, -0.05) is 41.9 Å². The number of halogens is 1. The standard InChI is InChI=1S/C33H42ClN5O2/c1-35-32(40)41-31-9-5-8-30(31)33(23-38-19-16-36-24-38,26-6-3-2-4-7-26)27-14-17-37(18-15-27)20-25-21-39(22-25)29-12-10-28(34)11-13-29/h2-4,6-7,10-13,16,19,24-25,27,30-31H,5,8-9,14-15,17-18,20-23H2,1H3,(H,35,40)/t30-,31-,33?/m0/s1. The summed E-state index contributed by atoms with van der Waals surface area (Å²) in [5.41, 5.74) is 2.48. The number of carbonyl (C=O) groups excluding carboxylic acids is 1. The lowest BCUT2D eigenvalue weighted by Gasteiger charge is -2.51. The van der Waals surface area contributed by atoms with Crippen LogP contribution in [0.25, 0.3) is 0 Å². The lowest BCUT2D eigenvalue weighted by atomic mass is 9.58. The summed E-state index contributed by atoms with van der Waals surface area (Å²) >= 11 is 6.08. The number of likely N-dealkylation sites (tertiary alicyclic amines) is 1. The highest BCUT2D eigenvalue weighted by atomic mass is 35.5. The minimum absolute atomic E-state index is 0.0921. The van der Waals surface area contributed by atoms with Gasteiger partial charge in [-0.15, -0.1) is 0 Å². The average Bonchev–Trinajstić information content (AvgIpc) is 3.67. The maximum absolute atomic E-state index is 12.4. The molecule has 3 atom stereocenters. The molecule has 0 bridgehead atoms. The van der Waals surface area contributed by atoms with Crippen LogP contribution in [0.2, 0.25) is 5.02 Å². The first kappa shape index (κ1) is 28.1. The average molecular weight is 576 g/mol. The van der Waals surface area contributed by atoms with Crippen molar-refractivity contribution in [3.63, 3.8) is 0 Å². The van der Waals surface area contributed by atoms with Crippen LogP contribution in [0.3, 0.4) is 0 Å². The van der Waals surface area contributed by atoms with E-state index in [-0.39, 0.29) is 23.5 Å². The van der Waals surface area contributed by atoms with E-state index in [1.54, 1.807) is 7.05 Å². The number of amides is 1. The largest absolute Gasteiger partial charge is 0.446 e. The lowest BCUT2D eigenvalue weighted by Crippen LogP contribution is -2.55. The van der Waals surface area contributed by atoms with Crippen molar-refractivity contribution < 1.29 is 9.53 Å². The van der Waals surface area contributed by atoms with Crippen LogP contribution in [0.15, 0.2) is 73.3 Å². The Bertz CT molecular complexity index is 1260. The minimum Gasteiger partial charge on any atom is -0.446 e. The molecule has 6 rings (SSSR count). The van der Waals surface area contributed by atoms with Crippen molar-refractivity contribution in [3.8, 4) is 0 Å². The summed E-state index contributed by atoms with van der Waals surface area (Å²) in [6.07, 6.45) is 10.8. The minimum atomic E-state index is -0.325. The number of imidazole rings is 1. The molecule has 3 aromatic rings. The van der Waals surface area contributed by atoms with Crippen LogP contribution in [-0.2, 0) is 16.7 Å². The van der Waals surface area contributed by atoms with Gasteiger partial charge in [0, 0.05) is 73.6 Å². The van der Waals surface area contributed by atoms with Gasteiger partial charge in [0.1, 0.15) is 6.10 Å². The van der Waals surface area contributed by atoms with E-state index in [1.165, 1.54) is 11.3 Å². The van der Waals surface area contributed by atoms with Crippen LogP contribution in [-0.4, -0.2) is 66.4 Å². The number of nitrogens with one attached hydrogen (secondary N) is 1. The third-order valence-electron chi connectivity index (χ3n) is 9.87. The van der Waals surface area contributed by atoms with Crippen LogP contribution in [0.5, 0.6) is 0 Å². The fourth-order valence-corrected chi connectivity index (χ4v) is 8.04. The number of rotatable bonds is 9. The number of anilines is 1. The molecule has 3 aliphatic rings. The number of carbonyl (C=O) groups is 1. The zero-order chi connectivity index (χ0) is 28.2. The Hall–Kier alpha value is -3.03. The van der Waals surface area contributed by atoms with Crippen LogP contribution < -0.4 is 10.2 Å². The highest BCUT2D eigenvalue weighted by molar-refractivity contribution is 6.30. The van der Waals surface area contributed by atoms with Gasteiger partial charge < -0.3 is 24.4 Å². The molecule has 1 amide bonds. The molecule has 1 unspecified atom stereocenters. The number of nitrogens with zero attached hydrogens (tertiary/aromatic N) is 4. The van der Waals surface area contributed by atoms with E-state index in [4.69, 9.17) is 16.3 Å². The normalized spacial score (nSPS) is 23.6. The number of hydrogen-bond acceptors (Lipinski definition) is 5. The van der Waals surface area contributed by atoms with Gasteiger partial charge in [0.25, 0.3) is 0 Å². The number of piperidine rings is 1. The summed E-state index contributed by atoms with van der Waals surface area (Å²) in [5.74, 6) is 1.43. The van der Waals surface area contributed by atoms with Crippen LogP contribution in [0.4, 0.5) is 10.5 Å². The Labute approximate surface area is 248 Å². The van der Waals surface area contributed by atoms with E-state index in [9.17, 15) is 4.79 Å². The maximum Gasteiger partial charge on any atom is 0.407 e. The molecular formula is C33H42ClN5O2. The summed E-state index contributed by atoms with van der Waals surface area (Å²) in [5, 5.41) is 3.48. The van der Waals surface area contributed by atoms with Crippen molar-refractivity contribution in [2.75, 3.05) is 44.7 Å². The lowest BCUT2D eigenvalue weighted by molar-refractivity contribution is 0.00204. The molecule has 3 fully saturated rings. The molecular weight excluding hydrogens is 534 g/mol. The molecule has 1 aromatic heterocycles. The quantitative estimate of drug-likeness (QED) is 0.347. The van der Waals surface area contributed by atoms with Crippen LogP contribution in [0.1, 0.15) is 37.7 Å². The van der Waals surface area contributed by atoms with Gasteiger partial charge in [-0.05, 0) is 80.9 Å². The first-order chi connectivity index (χ1) is 20.0. The fraction of sp³-hybridized carbons (Fsp3) is 0.515. The highest BCUT2D eigenvalue weighted by Crippen LogP contribution is 2.52. The summed E-state index contributed by atoms with van der Waals surface area (Å²) in [6, 6.07) is 19.2. The Balaban J connectivity index is 1.20. The predicted octanol–water partition coefficient (Wildman–Crippen LogP) is 5.85. The third kappa shape index (κ3) is 5.98. The first-order valence-electron chi connectivity index (χ1n) is 15.2. The SMILES string of the molecule is CNC(=O)O[C@H]1CCC[C@@H]1C(Cn1ccnc1)(c1ccccc1)C1CCN(CC2CN(c3ccc(Cl)cc3)C2)CC1. The molecule has 0 radical (unpaired) electrons. The second-order valence-electron chi connectivity index (χ2n) is 12.2. The predicted molar refractivity (Wildman–Crippen MR) is 163 cm³/mol. The Kier molecular flexibility index (Phi) is 8.54. The van der Waals surface area contributed by atoms with Gasteiger partial charge in [-0.3, -0.25) is 0 Å². The maximum atomic E-state index is 12.4. The van der Waals surface area contributed by atoms with Gasteiger partial charge in [0.2, 0.25) is 0 Å². The molecule has 1 aliphatic carbocycles. The number of aromatic nitrogens is 2. The molecule has 1 N–H and O–H groups in total. The van der Waals surface area contributed by atoms with Crippen LogP contribution in [0, 0.1) is 17.8 Å². The van der Waals surface area contributed by atoms with E-state index in [0.29, 0.717) is 11.8 Å². The number of hydrogen-bond donors (Lipinski definition) is 1. The van der Waals surface area contributed by atoms with Crippen molar-refractivity contribution in [3.05, 3.63) is 83.9 Å². The van der Waals surface area contributed by atoms with Crippen molar-refractivity contribution in [2.24, 2.45) is 17.8 Å². The van der Waals surface area contributed by atoms with Gasteiger partial charge >= 0.3 is 6.09 Å². The Morgan fingerprint density at radius 3 is 2.49 bits per heavy atom. The monoisotopic (exact) mass is 575 g/mol. The van der Waals surface area contributed by atoms with E-state index in [0.717, 1.165) is 76.4 Å². The Morgan fingerprint density at radius 1 is 1.05 bits per heavy atom. The second kappa shape index (κ2) is 12.5. The molecule has 2 saturated heterocycles. The summed E-state index contributed by atoms with van der Waals surface area (Å²) in [6.45, 7) is 6.43. The molecule has 1 saturated carbocycles. The number of alkyl carbamates (subject to hydrolysis) is 1. The van der Waals surface area contributed by atoms with Gasteiger partial charge in [-0.25, -0.2) is 9.78 Å². The Morgan fingerprint density at radius 2 is 1.80 bits per heavy atom. The van der Waals surface area contributed by atoms with E-state index >= 15 is 0 Å². The van der Waals surface area contributed by atoms with Crippen molar-refractivity contribution >= 4 is 23.4 Å². The fourth-order valence-electron chi connectivity index (χ4n) is 7.92. The molecule has 0 spiro atoms.